The molecule has 0 radical (unpaired) electrons. The van der Waals surface area contributed by atoms with E-state index in [1.807, 2.05) is 0 Å². The maximum Gasteiger partial charge on any atom is 0.252 e. The number of hydrogen-bond acceptors (Lipinski definition) is 2. The molecule has 498 valence electrons. The fraction of sp³-hybridized carbons (Fsp3) is 0.0800. The summed E-state index contributed by atoms with van der Waals surface area (Å²) in [5.74, 6) is 0. The van der Waals surface area contributed by atoms with Gasteiger partial charge in [-0.15, -0.1) is 0 Å². The first kappa shape index (κ1) is 62.1. The normalized spacial score (nSPS) is 12.8. The van der Waals surface area contributed by atoms with Crippen LogP contribution in [0.1, 0.15) is 52.7 Å². The van der Waals surface area contributed by atoms with Gasteiger partial charge in [0.05, 0.1) is 33.4 Å². The largest absolute Gasteiger partial charge is 0.310 e. The van der Waals surface area contributed by atoms with Crippen LogP contribution in [0.25, 0.3) is 132 Å². The molecule has 0 atom stereocenters. The number of rotatable bonds is 9. The van der Waals surface area contributed by atoms with Crippen LogP contribution in [-0.2, 0) is 10.8 Å². The topological polar surface area (TPSA) is 16.3 Å². The Hall–Kier alpha value is -12.7. The Morgan fingerprint density at radius 1 is 0.238 bits per heavy atom. The first-order chi connectivity index (χ1) is 51.4. The van der Waals surface area contributed by atoms with Crippen molar-refractivity contribution in [1.82, 2.24) is 9.13 Å². The molecule has 0 amide bonds. The number of anilines is 6. The minimum Gasteiger partial charge on any atom is -0.310 e. The molecule has 0 unspecified atom stereocenters. The highest BCUT2D eigenvalue weighted by Gasteiger charge is 2.47. The summed E-state index contributed by atoms with van der Waals surface area (Å²) in [7, 11) is 0. The number of fused-ring (bicyclic) bond motifs is 13. The zero-order chi connectivity index (χ0) is 70.4. The van der Waals surface area contributed by atoms with Crippen molar-refractivity contribution in [2.45, 2.75) is 52.4 Å². The fourth-order valence-corrected chi connectivity index (χ4v) is 17.5. The molecule has 4 nitrogen and oxygen atoms in total. The molecule has 0 spiro atoms. The molecule has 18 aromatic rings. The molecule has 0 bridgehead atoms. The average molecular weight is 1340 g/mol. The molecule has 20 rings (SSSR count). The summed E-state index contributed by atoms with van der Waals surface area (Å²) in [5.41, 5.74) is 30.8. The molecule has 2 aliphatic rings. The lowest BCUT2D eigenvalue weighted by Gasteiger charge is -2.46. The van der Waals surface area contributed by atoms with Gasteiger partial charge in [0.1, 0.15) is 0 Å². The van der Waals surface area contributed by atoms with Crippen molar-refractivity contribution in [3.8, 4) is 67.0 Å². The van der Waals surface area contributed by atoms with Crippen molar-refractivity contribution in [1.29, 1.82) is 0 Å². The Morgan fingerprint density at radius 2 is 0.562 bits per heavy atom. The summed E-state index contributed by atoms with van der Waals surface area (Å²) < 4.78 is 5.01. The minimum atomic E-state index is -0.347. The third kappa shape index (κ3) is 9.89. The lowest BCUT2D eigenvalue weighted by molar-refractivity contribution is 0.590. The number of nitrogens with zero attached hydrogens (tertiary/aromatic N) is 4. The fourth-order valence-electron chi connectivity index (χ4n) is 17.5. The monoisotopic (exact) mass is 1340 g/mol. The molecule has 5 heteroatoms. The summed E-state index contributed by atoms with van der Waals surface area (Å²) in [5, 5.41) is 9.82. The Balaban J connectivity index is 0.972. The van der Waals surface area contributed by atoms with E-state index in [2.05, 4.69) is 406 Å². The molecule has 2 aliphatic heterocycles. The van der Waals surface area contributed by atoms with Crippen LogP contribution in [0.2, 0.25) is 0 Å². The van der Waals surface area contributed by atoms with E-state index in [0.717, 1.165) is 95.5 Å². The predicted octanol–water partition coefficient (Wildman–Crippen LogP) is 25.2. The van der Waals surface area contributed by atoms with Crippen LogP contribution >= 0.6 is 0 Å². The van der Waals surface area contributed by atoms with E-state index in [9.17, 15) is 0 Å². The molecule has 0 fully saturated rings. The van der Waals surface area contributed by atoms with E-state index < -0.39 is 0 Å². The molecule has 0 saturated carbocycles. The molecule has 4 heterocycles. The zero-order valence-corrected chi connectivity index (χ0v) is 59.8. The van der Waals surface area contributed by atoms with Crippen LogP contribution < -0.4 is 26.2 Å². The second-order valence-corrected chi connectivity index (χ2v) is 30.8. The molecule has 0 saturated heterocycles. The van der Waals surface area contributed by atoms with Gasteiger partial charge in [0, 0.05) is 77.9 Å². The third-order valence-corrected chi connectivity index (χ3v) is 22.5. The predicted molar refractivity (Wildman–Crippen MR) is 449 cm³/mol. The molecule has 0 N–H and O–H groups in total. The van der Waals surface area contributed by atoms with Gasteiger partial charge in [-0.1, -0.05) is 296 Å². The SMILES string of the molecule is CC(C)(C)c1cc(-c2ccccc2)c(N2c3cc(-n4c5ccccc5c5ccccc54)ccc3B3c4ccc(-n5c6ccccc6c6ccccc65)cc4N(c4c(-c5ccccc5)cc(-c5cc6ccccc6c6ccccc56)cc4-c4ccccc4)c4cc(C(C)(C)C)cc2c43)c(-c2ccccc2)c1. The van der Waals surface area contributed by atoms with E-state index in [1.54, 1.807) is 0 Å². The highest BCUT2D eigenvalue weighted by atomic mass is 15.2. The van der Waals surface area contributed by atoms with Gasteiger partial charge in [0.15, 0.2) is 0 Å². The van der Waals surface area contributed by atoms with Crippen molar-refractivity contribution < 1.29 is 0 Å². The van der Waals surface area contributed by atoms with Crippen molar-refractivity contribution >= 4 is 122 Å². The van der Waals surface area contributed by atoms with Gasteiger partial charge in [-0.3, -0.25) is 0 Å². The number of para-hydroxylation sites is 4. The van der Waals surface area contributed by atoms with Crippen LogP contribution in [0.3, 0.4) is 0 Å². The maximum atomic E-state index is 2.73. The molecular formula is C100H75BN4. The molecule has 16 aromatic carbocycles. The Labute approximate surface area is 613 Å². The summed E-state index contributed by atoms with van der Waals surface area (Å²) in [6, 6.07) is 131. The van der Waals surface area contributed by atoms with Crippen molar-refractivity contribution in [3.05, 3.63) is 357 Å². The Kier molecular flexibility index (Phi) is 14.2. The number of benzene rings is 16. The summed E-state index contributed by atoms with van der Waals surface area (Å²) in [4.78, 5) is 5.47. The van der Waals surface area contributed by atoms with Crippen LogP contribution in [-0.4, -0.2) is 15.8 Å². The smallest absolute Gasteiger partial charge is 0.252 e. The van der Waals surface area contributed by atoms with E-state index in [4.69, 9.17) is 0 Å². The quantitative estimate of drug-likeness (QED) is 0.106. The summed E-state index contributed by atoms with van der Waals surface area (Å²) >= 11 is 0. The molecule has 2 aromatic heterocycles. The Bertz CT molecular complexity index is 6320. The second-order valence-electron chi connectivity index (χ2n) is 30.8. The zero-order valence-electron chi connectivity index (χ0n) is 59.8. The lowest BCUT2D eigenvalue weighted by Crippen LogP contribution is -2.61. The lowest BCUT2D eigenvalue weighted by atomic mass is 9.33. The maximum absolute atomic E-state index is 2.73. The molecule has 0 aliphatic carbocycles. The van der Waals surface area contributed by atoms with Gasteiger partial charge >= 0.3 is 0 Å². The van der Waals surface area contributed by atoms with Crippen LogP contribution in [0.4, 0.5) is 34.1 Å². The van der Waals surface area contributed by atoms with Crippen molar-refractivity contribution in [2.24, 2.45) is 0 Å². The van der Waals surface area contributed by atoms with E-state index in [0.29, 0.717) is 0 Å². The minimum absolute atomic E-state index is 0.197. The van der Waals surface area contributed by atoms with E-state index >= 15 is 0 Å². The van der Waals surface area contributed by atoms with Crippen LogP contribution in [0.15, 0.2) is 346 Å². The van der Waals surface area contributed by atoms with Crippen molar-refractivity contribution in [3.63, 3.8) is 0 Å². The van der Waals surface area contributed by atoms with Crippen LogP contribution in [0, 0.1) is 0 Å². The second kappa shape index (κ2) is 24.0. The van der Waals surface area contributed by atoms with Gasteiger partial charge in [0.2, 0.25) is 0 Å². The third-order valence-electron chi connectivity index (χ3n) is 22.5. The standard InChI is InChI=1S/C100H75BN4/c1-99(2,3)70-58-84(66-35-15-9-16-36-66)98(85(59-70)67-37-17-10-18-38-67)105-93-63-73(103-90-49-29-25-45-79(90)80-46-26-30-50-91(80)103)52-54-87(93)101-86-53-51-72(102-88-47-27-23-43-77(88)78-44-24-28-48-89(78)102)62-92(86)104(94-60-71(100(4,5)6)61-95(105)96(94)101)97-82(64-31-11-7-12-32-64)56-69(57-83(97)65-33-13-8-14-34-65)81-55-68-39-19-20-40-74(68)75-41-21-22-42-76(75)81/h7-63H,1-6H3. The molecular weight excluding hydrogens is 1270 g/mol. The first-order valence-electron chi connectivity index (χ1n) is 36.9. The Morgan fingerprint density at radius 3 is 0.952 bits per heavy atom. The van der Waals surface area contributed by atoms with Crippen molar-refractivity contribution in [2.75, 3.05) is 9.80 Å². The van der Waals surface area contributed by atoms with Gasteiger partial charge in [-0.25, -0.2) is 0 Å². The average Bonchev–Trinajstić information content (AvgIpc) is 0.723. The highest BCUT2D eigenvalue weighted by molar-refractivity contribution is 7.00. The summed E-state index contributed by atoms with van der Waals surface area (Å²) in [6.45, 7) is 14.0. The summed E-state index contributed by atoms with van der Waals surface area (Å²) in [6.07, 6.45) is 0. The number of hydrogen-bond donors (Lipinski definition) is 0. The van der Waals surface area contributed by atoms with E-state index in [1.165, 1.54) is 98.3 Å². The van der Waals surface area contributed by atoms with Gasteiger partial charge in [-0.05, 0) is 184 Å². The van der Waals surface area contributed by atoms with Gasteiger partial charge < -0.3 is 18.9 Å². The first-order valence-corrected chi connectivity index (χ1v) is 36.9. The van der Waals surface area contributed by atoms with Gasteiger partial charge in [0.25, 0.3) is 6.71 Å². The number of aromatic nitrogens is 2. The van der Waals surface area contributed by atoms with E-state index in [-0.39, 0.29) is 17.5 Å². The highest BCUT2D eigenvalue weighted by Crippen LogP contribution is 2.56. The van der Waals surface area contributed by atoms with Gasteiger partial charge in [-0.2, -0.15) is 0 Å². The van der Waals surface area contributed by atoms with Crippen LogP contribution in [0.5, 0.6) is 0 Å². The molecule has 105 heavy (non-hydrogen) atoms.